The standard InChI is InChI=1S/C23H29FN2O/c1-15-10-20(11-16(2)25-15)19-6-4-8-26(14-19)17(3)21-13-23-18(12-22(21)24)7-5-9-27-23/h10-13,17,19H,4-9,14H2,1-3H3. The number of pyridine rings is 1. The number of fused-ring (bicyclic) bond motifs is 1. The van der Waals surface area contributed by atoms with Crippen molar-refractivity contribution in [3.05, 3.63) is 58.2 Å². The molecule has 0 N–H and O–H groups in total. The van der Waals surface area contributed by atoms with Crippen LogP contribution in [-0.4, -0.2) is 29.6 Å². The summed E-state index contributed by atoms with van der Waals surface area (Å²) in [6, 6.07) is 8.10. The molecule has 2 aliphatic heterocycles. The smallest absolute Gasteiger partial charge is 0.128 e. The summed E-state index contributed by atoms with van der Waals surface area (Å²) >= 11 is 0. The molecule has 0 saturated carbocycles. The van der Waals surface area contributed by atoms with Crippen molar-refractivity contribution in [3.8, 4) is 5.75 Å². The number of piperidine rings is 1. The third kappa shape index (κ3) is 3.86. The number of ether oxygens (including phenoxy) is 1. The molecule has 1 saturated heterocycles. The van der Waals surface area contributed by atoms with Crippen molar-refractivity contribution in [1.82, 2.24) is 9.88 Å². The van der Waals surface area contributed by atoms with Gasteiger partial charge < -0.3 is 4.74 Å². The molecule has 0 bridgehead atoms. The second-order valence-electron chi connectivity index (χ2n) is 8.13. The van der Waals surface area contributed by atoms with Gasteiger partial charge in [-0.15, -0.1) is 0 Å². The van der Waals surface area contributed by atoms with Crippen LogP contribution in [0.5, 0.6) is 5.75 Å². The van der Waals surface area contributed by atoms with Crippen molar-refractivity contribution < 1.29 is 9.13 Å². The molecule has 2 aliphatic rings. The second kappa shape index (κ2) is 7.59. The van der Waals surface area contributed by atoms with Crippen LogP contribution in [0.15, 0.2) is 24.3 Å². The van der Waals surface area contributed by atoms with Gasteiger partial charge in [0.25, 0.3) is 0 Å². The molecule has 144 valence electrons. The predicted molar refractivity (Wildman–Crippen MR) is 106 cm³/mol. The molecular weight excluding hydrogens is 339 g/mol. The van der Waals surface area contributed by atoms with Crippen molar-refractivity contribution >= 4 is 0 Å². The van der Waals surface area contributed by atoms with Gasteiger partial charge in [0.15, 0.2) is 0 Å². The van der Waals surface area contributed by atoms with Crippen LogP contribution in [0.2, 0.25) is 0 Å². The topological polar surface area (TPSA) is 25.4 Å². The largest absolute Gasteiger partial charge is 0.493 e. The monoisotopic (exact) mass is 368 g/mol. The van der Waals surface area contributed by atoms with Crippen LogP contribution < -0.4 is 4.74 Å². The average molecular weight is 368 g/mol. The fourth-order valence-electron chi connectivity index (χ4n) is 4.63. The van der Waals surface area contributed by atoms with E-state index in [0.717, 1.165) is 67.2 Å². The highest BCUT2D eigenvalue weighted by molar-refractivity contribution is 5.41. The second-order valence-corrected chi connectivity index (χ2v) is 8.13. The first-order valence-corrected chi connectivity index (χ1v) is 10.2. The minimum atomic E-state index is -0.0931. The minimum Gasteiger partial charge on any atom is -0.493 e. The van der Waals surface area contributed by atoms with Gasteiger partial charge in [-0.1, -0.05) is 0 Å². The Kier molecular flexibility index (Phi) is 5.18. The van der Waals surface area contributed by atoms with Gasteiger partial charge in [0.2, 0.25) is 0 Å². The van der Waals surface area contributed by atoms with Crippen molar-refractivity contribution in [2.24, 2.45) is 0 Å². The lowest BCUT2D eigenvalue weighted by Crippen LogP contribution is -2.36. The summed E-state index contributed by atoms with van der Waals surface area (Å²) in [6.07, 6.45) is 4.20. The highest BCUT2D eigenvalue weighted by Gasteiger charge is 2.28. The Hall–Kier alpha value is -1.94. The number of halogens is 1. The van der Waals surface area contributed by atoms with E-state index in [9.17, 15) is 4.39 Å². The van der Waals surface area contributed by atoms with E-state index in [0.29, 0.717) is 5.92 Å². The van der Waals surface area contributed by atoms with Crippen molar-refractivity contribution in [2.45, 2.75) is 58.4 Å². The fourth-order valence-corrected chi connectivity index (χ4v) is 4.63. The highest BCUT2D eigenvalue weighted by atomic mass is 19.1. The van der Waals surface area contributed by atoms with Gasteiger partial charge in [0.1, 0.15) is 11.6 Å². The zero-order valence-corrected chi connectivity index (χ0v) is 16.6. The van der Waals surface area contributed by atoms with E-state index >= 15 is 0 Å². The molecule has 1 fully saturated rings. The van der Waals surface area contributed by atoms with E-state index < -0.39 is 0 Å². The summed E-state index contributed by atoms with van der Waals surface area (Å²) in [7, 11) is 0. The Bertz CT molecular complexity index is 815. The van der Waals surface area contributed by atoms with Crippen molar-refractivity contribution in [1.29, 1.82) is 0 Å². The van der Waals surface area contributed by atoms with Gasteiger partial charge in [-0.3, -0.25) is 9.88 Å². The zero-order chi connectivity index (χ0) is 19.0. The summed E-state index contributed by atoms with van der Waals surface area (Å²) in [5.41, 5.74) is 5.29. The lowest BCUT2D eigenvalue weighted by molar-refractivity contribution is 0.155. The molecule has 3 nitrogen and oxygen atoms in total. The van der Waals surface area contributed by atoms with Gasteiger partial charge in [-0.25, -0.2) is 4.39 Å². The molecule has 4 heteroatoms. The van der Waals surface area contributed by atoms with E-state index in [1.807, 2.05) is 6.07 Å². The molecule has 4 rings (SSSR count). The number of benzene rings is 1. The molecule has 0 aliphatic carbocycles. The van der Waals surface area contributed by atoms with E-state index in [1.165, 1.54) is 12.0 Å². The quantitative estimate of drug-likeness (QED) is 0.753. The van der Waals surface area contributed by atoms with E-state index in [-0.39, 0.29) is 11.9 Å². The van der Waals surface area contributed by atoms with Crippen LogP contribution in [0.25, 0.3) is 0 Å². The third-order valence-electron chi connectivity index (χ3n) is 6.05. The first-order chi connectivity index (χ1) is 13.0. The normalized spacial score (nSPS) is 21.4. The molecule has 3 heterocycles. The molecular formula is C23H29FN2O. The molecule has 27 heavy (non-hydrogen) atoms. The predicted octanol–water partition coefficient (Wildman–Crippen LogP) is 5.10. The van der Waals surface area contributed by atoms with Crippen LogP contribution in [0.3, 0.4) is 0 Å². The molecule has 0 spiro atoms. The molecule has 1 aromatic heterocycles. The Morgan fingerprint density at radius 3 is 2.70 bits per heavy atom. The summed E-state index contributed by atoms with van der Waals surface area (Å²) in [5.74, 6) is 1.27. The summed E-state index contributed by atoms with van der Waals surface area (Å²) in [5, 5.41) is 0. The minimum absolute atomic E-state index is 0.0488. The van der Waals surface area contributed by atoms with Gasteiger partial charge in [0, 0.05) is 29.5 Å². The molecule has 1 aromatic carbocycles. The number of nitrogens with zero attached hydrogens (tertiary/aromatic N) is 2. The maximum absolute atomic E-state index is 14.8. The van der Waals surface area contributed by atoms with Crippen LogP contribution in [-0.2, 0) is 6.42 Å². The van der Waals surface area contributed by atoms with Crippen molar-refractivity contribution in [2.75, 3.05) is 19.7 Å². The summed E-state index contributed by atoms with van der Waals surface area (Å²) < 4.78 is 20.6. The SMILES string of the molecule is Cc1cc(C2CCCN(C(C)c3cc4c(cc3F)CCCO4)C2)cc(C)n1. The lowest BCUT2D eigenvalue weighted by Gasteiger charge is -2.37. The van der Waals surface area contributed by atoms with Crippen LogP contribution in [0.4, 0.5) is 4.39 Å². The Morgan fingerprint density at radius 1 is 1.15 bits per heavy atom. The Morgan fingerprint density at radius 2 is 1.93 bits per heavy atom. The number of hydrogen-bond acceptors (Lipinski definition) is 3. The van der Waals surface area contributed by atoms with E-state index in [2.05, 4.69) is 42.8 Å². The number of likely N-dealkylation sites (tertiary alicyclic amines) is 1. The number of aryl methyl sites for hydroxylation is 3. The average Bonchev–Trinajstić information content (AvgIpc) is 2.66. The van der Waals surface area contributed by atoms with Crippen molar-refractivity contribution in [3.63, 3.8) is 0 Å². The summed E-state index contributed by atoms with van der Waals surface area (Å²) in [4.78, 5) is 6.93. The van der Waals surface area contributed by atoms with Gasteiger partial charge in [-0.2, -0.15) is 0 Å². The number of rotatable bonds is 3. The summed E-state index contributed by atoms with van der Waals surface area (Å²) in [6.45, 7) is 8.95. The highest BCUT2D eigenvalue weighted by Crippen LogP contribution is 2.36. The molecule has 0 radical (unpaired) electrons. The molecule has 2 unspecified atom stereocenters. The first-order valence-electron chi connectivity index (χ1n) is 10.2. The maximum Gasteiger partial charge on any atom is 0.128 e. The van der Waals surface area contributed by atoms with E-state index in [1.54, 1.807) is 6.07 Å². The Balaban J connectivity index is 1.56. The molecule has 2 aromatic rings. The Labute approximate surface area is 161 Å². The first kappa shape index (κ1) is 18.4. The van der Waals surface area contributed by atoms with Gasteiger partial charge in [0.05, 0.1) is 6.61 Å². The third-order valence-corrected chi connectivity index (χ3v) is 6.05. The number of aromatic nitrogens is 1. The molecule has 2 atom stereocenters. The van der Waals surface area contributed by atoms with Gasteiger partial charge in [-0.05, 0) is 94.3 Å². The maximum atomic E-state index is 14.8. The van der Waals surface area contributed by atoms with Crippen LogP contribution in [0.1, 0.15) is 66.2 Å². The molecule has 0 amide bonds. The van der Waals surface area contributed by atoms with Gasteiger partial charge >= 0.3 is 0 Å². The van der Waals surface area contributed by atoms with Crippen LogP contribution >= 0.6 is 0 Å². The van der Waals surface area contributed by atoms with Crippen LogP contribution in [0, 0.1) is 19.7 Å². The fraction of sp³-hybridized carbons (Fsp3) is 0.522. The number of hydrogen-bond donors (Lipinski definition) is 0. The zero-order valence-electron chi connectivity index (χ0n) is 16.6. The lowest BCUT2D eigenvalue weighted by atomic mass is 9.88. The van der Waals surface area contributed by atoms with E-state index in [4.69, 9.17) is 4.74 Å².